The van der Waals surface area contributed by atoms with Crippen LogP contribution in [-0.2, 0) is 12.2 Å². The maximum absolute atomic E-state index is 9.96. The number of para-hydroxylation sites is 1. The van der Waals surface area contributed by atoms with Gasteiger partial charge in [-0.3, -0.25) is 0 Å². The summed E-state index contributed by atoms with van der Waals surface area (Å²) in [6.45, 7) is 3.63. The molecule has 0 aliphatic carbocycles. The highest BCUT2D eigenvalue weighted by Gasteiger charge is 2.16. The molecule has 0 fully saturated rings. The topological polar surface area (TPSA) is 77.6 Å². The molecule has 0 amide bonds. The molecule has 25 heavy (non-hydrogen) atoms. The second-order valence-corrected chi connectivity index (χ2v) is 6.08. The number of nitrogens with zero attached hydrogens (tertiary/aromatic N) is 2. The number of hydrogen-bond donors (Lipinski definition) is 1. The lowest BCUT2D eigenvalue weighted by molar-refractivity contribution is 0.0785. The van der Waals surface area contributed by atoms with Crippen molar-refractivity contribution in [2.24, 2.45) is 0 Å². The third-order valence-corrected chi connectivity index (χ3v) is 3.74. The highest BCUT2D eigenvalue weighted by atomic mass is 16.5. The largest absolute Gasteiger partial charge is 0.496 e. The van der Waals surface area contributed by atoms with Gasteiger partial charge in [-0.2, -0.15) is 4.98 Å². The van der Waals surface area contributed by atoms with Crippen LogP contribution in [0.2, 0.25) is 0 Å². The average Bonchev–Trinajstić information content (AvgIpc) is 3.08. The van der Waals surface area contributed by atoms with Crippen LogP contribution in [0.15, 0.2) is 53.1 Å². The molecule has 6 heteroatoms. The predicted molar refractivity (Wildman–Crippen MR) is 92.3 cm³/mol. The quantitative estimate of drug-likeness (QED) is 0.739. The van der Waals surface area contributed by atoms with E-state index in [2.05, 4.69) is 10.1 Å². The van der Waals surface area contributed by atoms with Crippen LogP contribution in [0, 0.1) is 0 Å². The van der Waals surface area contributed by atoms with Crippen LogP contribution in [0.4, 0.5) is 0 Å². The van der Waals surface area contributed by atoms with Crippen molar-refractivity contribution in [3.8, 4) is 22.9 Å². The lowest BCUT2D eigenvalue weighted by Gasteiger charge is -2.17. The first kappa shape index (κ1) is 17.0. The number of hydrogen-bond acceptors (Lipinski definition) is 6. The number of ether oxygens (including phenoxy) is 2. The van der Waals surface area contributed by atoms with Gasteiger partial charge in [0.25, 0.3) is 5.89 Å². The van der Waals surface area contributed by atoms with Gasteiger partial charge >= 0.3 is 0 Å². The first-order valence-electron chi connectivity index (χ1n) is 7.89. The summed E-state index contributed by atoms with van der Waals surface area (Å²) in [7, 11) is 1.60. The van der Waals surface area contributed by atoms with Gasteiger partial charge < -0.3 is 19.1 Å². The van der Waals surface area contributed by atoms with Crippen molar-refractivity contribution in [2.45, 2.75) is 26.1 Å². The molecule has 3 aromatic rings. The molecule has 0 saturated heterocycles. The van der Waals surface area contributed by atoms with E-state index >= 15 is 0 Å². The molecular formula is C19H20N2O4. The van der Waals surface area contributed by atoms with Gasteiger partial charge in [-0.25, -0.2) is 0 Å². The molecule has 0 saturated carbocycles. The van der Waals surface area contributed by atoms with Gasteiger partial charge in [0.2, 0.25) is 5.82 Å². The van der Waals surface area contributed by atoms with Gasteiger partial charge in [-0.1, -0.05) is 29.4 Å². The predicted octanol–water partition coefficient (Wildman–Crippen LogP) is 3.55. The van der Waals surface area contributed by atoms with Crippen molar-refractivity contribution < 1.29 is 19.1 Å². The van der Waals surface area contributed by atoms with E-state index in [4.69, 9.17) is 14.0 Å². The second kappa shape index (κ2) is 6.94. The zero-order valence-electron chi connectivity index (χ0n) is 14.4. The van der Waals surface area contributed by atoms with E-state index in [-0.39, 0.29) is 6.61 Å². The Balaban J connectivity index is 1.68. The second-order valence-electron chi connectivity index (χ2n) is 6.08. The first-order chi connectivity index (χ1) is 12.0. The molecule has 0 spiro atoms. The van der Waals surface area contributed by atoms with Gasteiger partial charge in [0.05, 0.1) is 18.3 Å². The van der Waals surface area contributed by atoms with Gasteiger partial charge in [0.15, 0.2) is 6.61 Å². The van der Waals surface area contributed by atoms with Gasteiger partial charge in [-0.15, -0.1) is 0 Å². The van der Waals surface area contributed by atoms with E-state index in [0.29, 0.717) is 23.2 Å². The molecular weight excluding hydrogens is 320 g/mol. The molecule has 1 N–H and O–H groups in total. The Kier molecular flexibility index (Phi) is 4.72. The summed E-state index contributed by atoms with van der Waals surface area (Å²) in [5, 5.41) is 13.9. The van der Waals surface area contributed by atoms with E-state index in [1.807, 2.05) is 36.4 Å². The minimum Gasteiger partial charge on any atom is -0.496 e. The number of rotatable bonds is 6. The number of aromatic nitrogens is 2. The summed E-state index contributed by atoms with van der Waals surface area (Å²) in [6, 6.07) is 14.7. The van der Waals surface area contributed by atoms with Gasteiger partial charge in [0.1, 0.15) is 11.5 Å². The maximum Gasteiger partial charge on any atom is 0.264 e. The normalized spacial score (nSPS) is 11.4. The van der Waals surface area contributed by atoms with Crippen LogP contribution in [-0.4, -0.2) is 22.4 Å². The molecule has 0 radical (unpaired) electrons. The zero-order chi connectivity index (χ0) is 17.9. The number of methoxy groups -OCH3 is 1. The summed E-state index contributed by atoms with van der Waals surface area (Å²) in [5.41, 5.74) is 0.694. The molecule has 6 nitrogen and oxygen atoms in total. The van der Waals surface area contributed by atoms with Crippen LogP contribution in [0.5, 0.6) is 11.5 Å². The molecule has 2 aromatic carbocycles. The average molecular weight is 340 g/mol. The minimum atomic E-state index is -0.880. The fraction of sp³-hybridized carbons (Fsp3) is 0.263. The highest BCUT2D eigenvalue weighted by Crippen LogP contribution is 2.27. The zero-order valence-corrected chi connectivity index (χ0v) is 14.4. The van der Waals surface area contributed by atoms with Crippen LogP contribution < -0.4 is 9.47 Å². The third kappa shape index (κ3) is 3.97. The van der Waals surface area contributed by atoms with Crippen molar-refractivity contribution in [2.75, 3.05) is 7.11 Å². The molecule has 1 aromatic heterocycles. The third-order valence-electron chi connectivity index (χ3n) is 3.74. The van der Waals surface area contributed by atoms with Crippen molar-refractivity contribution in [1.29, 1.82) is 0 Å². The van der Waals surface area contributed by atoms with E-state index in [1.54, 1.807) is 33.1 Å². The van der Waals surface area contributed by atoms with Crippen LogP contribution in [0.3, 0.4) is 0 Å². The standard InChI is InChI=1S/C19H20N2O4/c1-19(2,22)13-8-10-14(11-9-13)24-12-17-20-18(21-25-17)15-6-4-5-7-16(15)23-3/h4-11,22H,12H2,1-3H3. The molecule has 0 aliphatic heterocycles. The summed E-state index contributed by atoms with van der Waals surface area (Å²) in [4.78, 5) is 4.34. The lowest BCUT2D eigenvalue weighted by Crippen LogP contribution is -2.14. The molecule has 1 heterocycles. The van der Waals surface area contributed by atoms with Crippen molar-refractivity contribution in [3.63, 3.8) is 0 Å². The number of aliphatic hydroxyl groups is 1. The molecule has 0 atom stereocenters. The lowest BCUT2D eigenvalue weighted by atomic mass is 9.99. The molecule has 130 valence electrons. The minimum absolute atomic E-state index is 0.157. The Hall–Kier alpha value is -2.86. The Bertz CT molecular complexity index is 835. The van der Waals surface area contributed by atoms with E-state index in [1.165, 1.54) is 0 Å². The van der Waals surface area contributed by atoms with E-state index < -0.39 is 5.60 Å². The van der Waals surface area contributed by atoms with E-state index in [0.717, 1.165) is 11.1 Å². The monoisotopic (exact) mass is 340 g/mol. The van der Waals surface area contributed by atoms with Gasteiger partial charge in [-0.05, 0) is 43.7 Å². The Labute approximate surface area is 146 Å². The van der Waals surface area contributed by atoms with Crippen molar-refractivity contribution in [1.82, 2.24) is 10.1 Å². The molecule has 0 unspecified atom stereocenters. The fourth-order valence-electron chi connectivity index (χ4n) is 2.36. The summed E-state index contributed by atoms with van der Waals surface area (Å²) >= 11 is 0. The summed E-state index contributed by atoms with van der Waals surface area (Å²) in [6.07, 6.45) is 0. The molecule has 0 aliphatic rings. The van der Waals surface area contributed by atoms with Crippen LogP contribution >= 0.6 is 0 Å². The Morgan fingerprint density at radius 2 is 1.80 bits per heavy atom. The summed E-state index contributed by atoms with van der Waals surface area (Å²) < 4.78 is 16.2. The Morgan fingerprint density at radius 3 is 2.48 bits per heavy atom. The SMILES string of the molecule is COc1ccccc1-c1noc(COc2ccc(C(C)(C)O)cc2)n1. The van der Waals surface area contributed by atoms with Gasteiger partial charge in [0, 0.05) is 0 Å². The van der Waals surface area contributed by atoms with Crippen molar-refractivity contribution in [3.05, 3.63) is 60.0 Å². The highest BCUT2D eigenvalue weighted by molar-refractivity contribution is 5.63. The molecule has 3 rings (SSSR count). The fourth-order valence-corrected chi connectivity index (χ4v) is 2.36. The number of benzene rings is 2. The van der Waals surface area contributed by atoms with Crippen LogP contribution in [0.1, 0.15) is 25.3 Å². The smallest absolute Gasteiger partial charge is 0.264 e. The van der Waals surface area contributed by atoms with Crippen molar-refractivity contribution >= 4 is 0 Å². The Morgan fingerprint density at radius 1 is 1.08 bits per heavy atom. The van der Waals surface area contributed by atoms with E-state index in [9.17, 15) is 5.11 Å². The maximum atomic E-state index is 9.96. The first-order valence-corrected chi connectivity index (χ1v) is 7.89. The summed E-state index contributed by atoms with van der Waals surface area (Å²) in [5.74, 6) is 2.16. The van der Waals surface area contributed by atoms with Crippen LogP contribution in [0.25, 0.3) is 11.4 Å². The molecule has 0 bridgehead atoms.